The number of ether oxygens (including phenoxy) is 2. The molecule has 3 rings (SSSR count). The predicted molar refractivity (Wildman–Crippen MR) is 85.2 cm³/mol. The lowest BCUT2D eigenvalue weighted by molar-refractivity contribution is -0.173. The summed E-state index contributed by atoms with van der Waals surface area (Å²) in [6.07, 6.45) is 0.0670. The van der Waals surface area contributed by atoms with Gasteiger partial charge in [0.15, 0.2) is 0 Å². The predicted octanol–water partition coefficient (Wildman–Crippen LogP) is 2.05. The lowest BCUT2D eigenvalue weighted by atomic mass is 9.77. The van der Waals surface area contributed by atoms with E-state index >= 15 is 0 Å². The molecule has 122 valence electrons. The van der Waals surface area contributed by atoms with Gasteiger partial charge in [-0.3, -0.25) is 4.79 Å². The van der Waals surface area contributed by atoms with Crippen LogP contribution in [0.15, 0.2) is 60.7 Å². The monoisotopic (exact) mass is 324 g/mol. The minimum atomic E-state index is -1.69. The van der Waals surface area contributed by atoms with Crippen LogP contribution >= 0.6 is 0 Å². The van der Waals surface area contributed by atoms with E-state index < -0.39 is 29.2 Å². The Labute approximate surface area is 139 Å². The number of benzene rings is 2. The molecule has 1 saturated heterocycles. The summed E-state index contributed by atoms with van der Waals surface area (Å²) >= 11 is 0. The van der Waals surface area contributed by atoms with Crippen molar-refractivity contribution in [3.8, 4) is 0 Å². The zero-order valence-electron chi connectivity index (χ0n) is 13.1. The molecule has 2 unspecified atom stereocenters. The van der Waals surface area contributed by atoms with Gasteiger partial charge in [0.1, 0.15) is 5.92 Å². The molecule has 1 fully saturated rings. The highest BCUT2D eigenvalue weighted by Crippen LogP contribution is 2.41. The Kier molecular flexibility index (Phi) is 4.16. The van der Waals surface area contributed by atoms with E-state index in [1.165, 1.54) is 7.11 Å². The Morgan fingerprint density at radius 2 is 1.62 bits per heavy atom. The SMILES string of the molecule is COC(=O)C1(Cc2ccccc2)OC(=O)C(=O)C1c1ccccc1. The van der Waals surface area contributed by atoms with E-state index in [2.05, 4.69) is 0 Å². The average molecular weight is 324 g/mol. The fourth-order valence-corrected chi connectivity index (χ4v) is 3.11. The summed E-state index contributed by atoms with van der Waals surface area (Å²) in [5.41, 5.74) is -0.368. The molecule has 0 N–H and O–H groups in total. The van der Waals surface area contributed by atoms with E-state index in [4.69, 9.17) is 9.47 Å². The number of methoxy groups -OCH3 is 1. The number of Topliss-reactive ketones (excluding diaryl/α,β-unsaturated/α-hetero) is 1. The van der Waals surface area contributed by atoms with Crippen LogP contribution in [0.25, 0.3) is 0 Å². The van der Waals surface area contributed by atoms with Gasteiger partial charge in [-0.05, 0) is 11.1 Å². The Balaban J connectivity index is 2.13. The first-order valence-electron chi connectivity index (χ1n) is 7.53. The summed E-state index contributed by atoms with van der Waals surface area (Å²) in [6.45, 7) is 0. The van der Waals surface area contributed by atoms with Crippen molar-refractivity contribution in [3.05, 3.63) is 71.8 Å². The standard InChI is InChI=1S/C19H16O5/c1-23-18(22)19(12-13-8-4-2-5-9-13)15(16(20)17(21)24-19)14-10-6-3-7-11-14/h2-11,15H,12H2,1H3. The van der Waals surface area contributed by atoms with Crippen LogP contribution in [0.3, 0.4) is 0 Å². The third kappa shape index (κ3) is 2.58. The van der Waals surface area contributed by atoms with E-state index in [0.29, 0.717) is 5.56 Å². The number of ketones is 1. The smallest absolute Gasteiger partial charge is 0.376 e. The van der Waals surface area contributed by atoms with Crippen molar-refractivity contribution in [1.29, 1.82) is 0 Å². The summed E-state index contributed by atoms with van der Waals surface area (Å²) in [6, 6.07) is 17.8. The van der Waals surface area contributed by atoms with Gasteiger partial charge in [0.05, 0.1) is 7.11 Å². The fraction of sp³-hybridized carbons (Fsp3) is 0.211. The molecule has 5 nitrogen and oxygen atoms in total. The van der Waals surface area contributed by atoms with E-state index in [0.717, 1.165) is 5.56 Å². The van der Waals surface area contributed by atoms with E-state index in [1.807, 2.05) is 30.3 Å². The van der Waals surface area contributed by atoms with Crippen molar-refractivity contribution >= 4 is 17.7 Å². The number of hydrogen-bond acceptors (Lipinski definition) is 5. The highest BCUT2D eigenvalue weighted by molar-refractivity contribution is 6.39. The van der Waals surface area contributed by atoms with Crippen molar-refractivity contribution in [3.63, 3.8) is 0 Å². The number of esters is 2. The molecule has 1 heterocycles. The van der Waals surface area contributed by atoms with Gasteiger partial charge >= 0.3 is 11.9 Å². The second kappa shape index (κ2) is 6.28. The molecular weight excluding hydrogens is 308 g/mol. The van der Waals surface area contributed by atoms with Gasteiger partial charge in [-0.2, -0.15) is 0 Å². The van der Waals surface area contributed by atoms with Gasteiger partial charge in [0, 0.05) is 6.42 Å². The van der Waals surface area contributed by atoms with Crippen molar-refractivity contribution < 1.29 is 23.9 Å². The number of carbonyl (C=O) groups is 3. The summed E-state index contributed by atoms with van der Waals surface area (Å²) in [7, 11) is 1.22. The van der Waals surface area contributed by atoms with Crippen molar-refractivity contribution in [2.75, 3.05) is 7.11 Å². The second-order valence-corrected chi connectivity index (χ2v) is 5.64. The van der Waals surface area contributed by atoms with Gasteiger partial charge in [0.2, 0.25) is 5.60 Å². The first-order valence-corrected chi connectivity index (χ1v) is 7.53. The minimum absolute atomic E-state index is 0.0670. The quantitative estimate of drug-likeness (QED) is 0.636. The largest absolute Gasteiger partial charge is 0.466 e. The Morgan fingerprint density at radius 3 is 2.21 bits per heavy atom. The van der Waals surface area contributed by atoms with Crippen LogP contribution < -0.4 is 0 Å². The van der Waals surface area contributed by atoms with Crippen molar-refractivity contribution in [1.82, 2.24) is 0 Å². The average Bonchev–Trinajstić information content (AvgIpc) is 2.87. The number of carbonyl (C=O) groups excluding carboxylic acids is 3. The van der Waals surface area contributed by atoms with E-state index in [-0.39, 0.29) is 6.42 Å². The lowest BCUT2D eigenvalue weighted by Crippen LogP contribution is -2.47. The summed E-state index contributed by atoms with van der Waals surface area (Å²) in [5, 5.41) is 0. The van der Waals surface area contributed by atoms with Crippen LogP contribution in [-0.4, -0.2) is 30.4 Å². The molecule has 1 aliphatic heterocycles. The van der Waals surface area contributed by atoms with Gasteiger partial charge in [0.25, 0.3) is 5.78 Å². The molecule has 0 saturated carbocycles. The van der Waals surface area contributed by atoms with Gasteiger partial charge in [-0.15, -0.1) is 0 Å². The Morgan fingerprint density at radius 1 is 1.04 bits per heavy atom. The molecule has 24 heavy (non-hydrogen) atoms. The molecule has 0 bridgehead atoms. The molecule has 2 atom stereocenters. The van der Waals surface area contributed by atoms with Crippen LogP contribution in [0.1, 0.15) is 17.0 Å². The zero-order valence-corrected chi connectivity index (χ0v) is 13.1. The number of cyclic esters (lactones) is 1. The van der Waals surface area contributed by atoms with Crippen LogP contribution in [-0.2, 0) is 30.3 Å². The third-order valence-electron chi connectivity index (χ3n) is 4.18. The molecule has 2 aromatic carbocycles. The fourth-order valence-electron chi connectivity index (χ4n) is 3.11. The summed E-state index contributed by atoms with van der Waals surface area (Å²) in [5.74, 6) is -3.51. The molecule has 0 radical (unpaired) electrons. The molecule has 0 amide bonds. The maximum Gasteiger partial charge on any atom is 0.376 e. The van der Waals surface area contributed by atoms with Gasteiger partial charge in [-0.25, -0.2) is 9.59 Å². The first-order chi connectivity index (χ1) is 11.6. The Hall–Kier alpha value is -2.95. The molecule has 2 aromatic rings. The number of rotatable bonds is 4. The van der Waals surface area contributed by atoms with Crippen molar-refractivity contribution in [2.24, 2.45) is 0 Å². The molecule has 0 spiro atoms. The first kappa shape index (κ1) is 15.9. The number of hydrogen-bond donors (Lipinski definition) is 0. The molecule has 0 aliphatic carbocycles. The van der Waals surface area contributed by atoms with Crippen LogP contribution in [0, 0.1) is 0 Å². The van der Waals surface area contributed by atoms with Crippen molar-refractivity contribution in [2.45, 2.75) is 17.9 Å². The topological polar surface area (TPSA) is 69.7 Å². The summed E-state index contributed by atoms with van der Waals surface area (Å²) in [4.78, 5) is 37.0. The zero-order chi connectivity index (χ0) is 17.2. The van der Waals surface area contributed by atoms with Gasteiger partial charge in [-0.1, -0.05) is 60.7 Å². The van der Waals surface area contributed by atoms with E-state index in [9.17, 15) is 14.4 Å². The molecule has 0 aromatic heterocycles. The third-order valence-corrected chi connectivity index (χ3v) is 4.18. The molecule has 5 heteroatoms. The minimum Gasteiger partial charge on any atom is -0.466 e. The maximum absolute atomic E-state index is 12.6. The highest BCUT2D eigenvalue weighted by Gasteiger charge is 2.61. The lowest BCUT2D eigenvalue weighted by Gasteiger charge is -2.29. The van der Waals surface area contributed by atoms with Crippen LogP contribution in [0.5, 0.6) is 0 Å². The van der Waals surface area contributed by atoms with Gasteiger partial charge < -0.3 is 9.47 Å². The maximum atomic E-state index is 12.6. The summed E-state index contributed by atoms with van der Waals surface area (Å²) < 4.78 is 10.2. The molecule has 1 aliphatic rings. The van der Waals surface area contributed by atoms with Crippen LogP contribution in [0.4, 0.5) is 0 Å². The highest BCUT2D eigenvalue weighted by atomic mass is 16.6. The Bertz CT molecular complexity index is 769. The molecular formula is C19H16O5. The van der Waals surface area contributed by atoms with Crippen LogP contribution in [0.2, 0.25) is 0 Å². The normalized spacial score (nSPS) is 23.0. The van der Waals surface area contributed by atoms with E-state index in [1.54, 1.807) is 30.3 Å². The second-order valence-electron chi connectivity index (χ2n) is 5.64.